The predicted octanol–water partition coefficient (Wildman–Crippen LogP) is 3.97. The molecule has 2 fully saturated rings. The Morgan fingerprint density at radius 1 is 1.16 bits per heavy atom. The van der Waals surface area contributed by atoms with E-state index in [2.05, 4.69) is 20.3 Å². The number of alkyl halides is 3. The Bertz CT molecular complexity index is 1300. The number of ether oxygens (including phenoxy) is 1. The molecule has 2 aliphatic rings. The molecule has 38 heavy (non-hydrogen) atoms. The first-order valence-corrected chi connectivity index (χ1v) is 12.5. The normalized spacial score (nSPS) is 22.3. The average molecular weight is 531 g/mol. The Hall–Kier alpha value is -3.51. The van der Waals surface area contributed by atoms with E-state index in [4.69, 9.17) is 4.74 Å². The van der Waals surface area contributed by atoms with Crippen LogP contribution in [-0.2, 0) is 21.3 Å². The third kappa shape index (κ3) is 5.65. The average Bonchev–Trinajstić information content (AvgIpc) is 3.40. The molecule has 0 atom stereocenters. The molecule has 1 saturated heterocycles. The van der Waals surface area contributed by atoms with E-state index in [9.17, 15) is 23.1 Å². The lowest BCUT2D eigenvalue weighted by molar-refractivity contribution is -0.143. The number of carbonyl (C=O) groups excluding carboxylic acids is 1. The van der Waals surface area contributed by atoms with Gasteiger partial charge in [-0.15, -0.1) is 0 Å². The highest BCUT2D eigenvalue weighted by molar-refractivity contribution is 5.79. The molecule has 0 spiro atoms. The number of benzene rings is 1. The maximum Gasteiger partial charge on any atom is 0.433 e. The number of hydrogen-bond acceptors (Lipinski definition) is 7. The van der Waals surface area contributed by atoms with Crippen molar-refractivity contribution in [3.63, 3.8) is 0 Å². The summed E-state index contributed by atoms with van der Waals surface area (Å²) >= 11 is 0. The van der Waals surface area contributed by atoms with E-state index in [1.807, 2.05) is 17.9 Å². The number of nitrogens with zero attached hydrogens (tertiary/aromatic N) is 5. The van der Waals surface area contributed by atoms with Gasteiger partial charge in [0.05, 0.1) is 25.2 Å². The smallest absolute Gasteiger partial charge is 0.383 e. The summed E-state index contributed by atoms with van der Waals surface area (Å²) in [6.07, 6.45) is 1.85. The minimum atomic E-state index is -4.57. The van der Waals surface area contributed by atoms with Crippen molar-refractivity contribution in [2.75, 3.05) is 31.6 Å². The van der Waals surface area contributed by atoms with Crippen molar-refractivity contribution >= 4 is 17.5 Å². The molecule has 0 unspecified atom stereocenters. The topological polar surface area (TPSA) is 105 Å². The van der Waals surface area contributed by atoms with E-state index in [0.717, 1.165) is 17.8 Å². The number of aliphatic hydroxyl groups is 1. The van der Waals surface area contributed by atoms with E-state index >= 15 is 0 Å². The first kappa shape index (κ1) is 26.1. The minimum Gasteiger partial charge on any atom is -0.383 e. The Kier molecular flexibility index (Phi) is 7.10. The summed E-state index contributed by atoms with van der Waals surface area (Å²) in [5.74, 6) is -0.148. The minimum absolute atomic E-state index is 0.112. The summed E-state index contributed by atoms with van der Waals surface area (Å²) in [4.78, 5) is 26.6. The molecule has 1 aromatic carbocycles. The fourth-order valence-corrected chi connectivity index (χ4v) is 5.03. The summed E-state index contributed by atoms with van der Waals surface area (Å²) in [5, 5.41) is 14.2. The number of halogens is 3. The predicted molar refractivity (Wildman–Crippen MR) is 132 cm³/mol. The van der Waals surface area contributed by atoms with E-state index in [1.54, 1.807) is 29.2 Å². The summed E-state index contributed by atoms with van der Waals surface area (Å²) in [7, 11) is 0. The molecule has 1 aliphatic heterocycles. The van der Waals surface area contributed by atoms with Crippen LogP contribution in [0.2, 0.25) is 0 Å². The fraction of sp³-hybridized carbons (Fsp3) is 0.462. The van der Waals surface area contributed by atoms with Crippen LogP contribution in [0.3, 0.4) is 0 Å². The third-order valence-corrected chi connectivity index (χ3v) is 7.11. The Morgan fingerprint density at radius 3 is 2.61 bits per heavy atom. The Balaban J connectivity index is 1.29. The van der Waals surface area contributed by atoms with Crippen LogP contribution in [-0.4, -0.2) is 61.7 Å². The van der Waals surface area contributed by atoms with Crippen LogP contribution in [0.4, 0.5) is 24.8 Å². The monoisotopic (exact) mass is 530 g/mol. The molecule has 5 rings (SSSR count). The van der Waals surface area contributed by atoms with E-state index < -0.39 is 17.5 Å². The Morgan fingerprint density at radius 2 is 1.89 bits per heavy atom. The molecule has 1 aliphatic carbocycles. The molecule has 3 heterocycles. The summed E-state index contributed by atoms with van der Waals surface area (Å²) in [6, 6.07) is 6.22. The molecule has 0 bridgehead atoms. The lowest BCUT2D eigenvalue weighted by Crippen LogP contribution is -2.45. The van der Waals surface area contributed by atoms with Crippen molar-refractivity contribution in [3.8, 4) is 5.69 Å². The molecule has 2 aromatic heterocycles. The van der Waals surface area contributed by atoms with Crippen molar-refractivity contribution in [2.45, 2.75) is 44.4 Å². The van der Waals surface area contributed by atoms with Gasteiger partial charge in [0.2, 0.25) is 11.9 Å². The highest BCUT2D eigenvalue weighted by atomic mass is 19.4. The maximum absolute atomic E-state index is 13.0. The summed E-state index contributed by atoms with van der Waals surface area (Å²) in [5.41, 5.74) is 0.425. The van der Waals surface area contributed by atoms with E-state index in [1.165, 1.54) is 0 Å². The Labute approximate surface area is 217 Å². The largest absolute Gasteiger partial charge is 0.433 e. The molecule has 0 radical (unpaired) electrons. The second-order valence-corrected chi connectivity index (χ2v) is 9.86. The number of carbonyl (C=O) groups is 1. The van der Waals surface area contributed by atoms with Crippen LogP contribution in [0.1, 0.15) is 42.6 Å². The number of nitrogens with one attached hydrogen (secondary N) is 1. The molecular formula is C26H29F3N6O3. The van der Waals surface area contributed by atoms with Gasteiger partial charge in [-0.25, -0.2) is 15.0 Å². The number of anilines is 2. The molecule has 1 amide bonds. The SMILES string of the molecule is Cc1cc(Nc2nccc(C(F)(F)F)n2)cc(-n2cnc([C@]3(O)CC[C@H](C(=O)N4CCOCC4)CC3)c2)c1. The number of amides is 1. The lowest BCUT2D eigenvalue weighted by atomic mass is 9.77. The number of rotatable bonds is 5. The van der Waals surface area contributed by atoms with Gasteiger partial charge in [0.15, 0.2) is 0 Å². The van der Waals surface area contributed by atoms with Gasteiger partial charge in [-0.3, -0.25) is 4.79 Å². The van der Waals surface area contributed by atoms with Gasteiger partial charge in [-0.2, -0.15) is 13.2 Å². The maximum atomic E-state index is 13.0. The van der Waals surface area contributed by atoms with Crippen LogP contribution in [0.15, 0.2) is 43.0 Å². The second kappa shape index (κ2) is 10.3. The quantitative estimate of drug-likeness (QED) is 0.514. The molecule has 1 saturated carbocycles. The van der Waals surface area contributed by atoms with Crippen LogP contribution >= 0.6 is 0 Å². The van der Waals surface area contributed by atoms with Gasteiger partial charge in [0.25, 0.3) is 0 Å². The molecular weight excluding hydrogens is 501 g/mol. The van der Waals surface area contributed by atoms with Crippen LogP contribution < -0.4 is 5.32 Å². The van der Waals surface area contributed by atoms with Gasteiger partial charge < -0.3 is 24.6 Å². The van der Waals surface area contributed by atoms with Gasteiger partial charge in [0, 0.05) is 42.8 Å². The van der Waals surface area contributed by atoms with Crippen molar-refractivity contribution < 1.29 is 27.8 Å². The molecule has 2 N–H and O–H groups in total. The van der Waals surface area contributed by atoms with Gasteiger partial charge in [-0.05, 0) is 62.4 Å². The first-order valence-electron chi connectivity index (χ1n) is 12.5. The van der Waals surface area contributed by atoms with Gasteiger partial charge >= 0.3 is 6.18 Å². The zero-order valence-corrected chi connectivity index (χ0v) is 20.9. The van der Waals surface area contributed by atoms with Crippen molar-refractivity contribution in [3.05, 3.63) is 59.9 Å². The number of aryl methyl sites for hydroxylation is 1. The molecule has 9 nitrogen and oxygen atoms in total. The summed E-state index contributed by atoms with van der Waals surface area (Å²) in [6.45, 7) is 4.19. The van der Waals surface area contributed by atoms with Crippen molar-refractivity contribution in [1.82, 2.24) is 24.4 Å². The second-order valence-electron chi connectivity index (χ2n) is 9.86. The third-order valence-electron chi connectivity index (χ3n) is 7.11. The first-order chi connectivity index (χ1) is 18.1. The zero-order chi connectivity index (χ0) is 26.9. The van der Waals surface area contributed by atoms with E-state index in [0.29, 0.717) is 69.1 Å². The van der Waals surface area contributed by atoms with Crippen molar-refractivity contribution in [1.29, 1.82) is 0 Å². The van der Waals surface area contributed by atoms with Gasteiger partial charge in [-0.1, -0.05) is 0 Å². The van der Waals surface area contributed by atoms with Crippen molar-refractivity contribution in [2.24, 2.45) is 5.92 Å². The number of imidazole rings is 1. The molecule has 12 heteroatoms. The zero-order valence-electron chi connectivity index (χ0n) is 20.9. The fourth-order valence-electron chi connectivity index (χ4n) is 5.03. The highest BCUT2D eigenvalue weighted by Crippen LogP contribution is 2.40. The summed E-state index contributed by atoms with van der Waals surface area (Å²) < 4.78 is 46.1. The highest BCUT2D eigenvalue weighted by Gasteiger charge is 2.40. The van der Waals surface area contributed by atoms with Crippen LogP contribution in [0.5, 0.6) is 0 Å². The van der Waals surface area contributed by atoms with Crippen LogP contribution in [0, 0.1) is 12.8 Å². The number of aromatic nitrogens is 4. The van der Waals surface area contributed by atoms with Crippen LogP contribution in [0.25, 0.3) is 5.69 Å². The standard InChI is InChI=1S/C26H29F3N6O3/c1-17-12-19(32-24-30-7-4-21(33-24)26(27,28)29)14-20(13-17)35-15-22(31-16-35)25(37)5-2-18(3-6-25)23(36)34-8-10-38-11-9-34/h4,7,12-16,18,37H,2-3,5-6,8-11H2,1H3,(H,30,32,33)/t18-,25-. The number of hydrogen-bond donors (Lipinski definition) is 2. The number of morpholine rings is 1. The van der Waals surface area contributed by atoms with Gasteiger partial charge in [0.1, 0.15) is 11.3 Å². The molecule has 202 valence electrons. The molecule has 3 aromatic rings. The van der Waals surface area contributed by atoms with E-state index in [-0.39, 0.29) is 17.8 Å². The lowest BCUT2D eigenvalue weighted by Gasteiger charge is -2.37.